The Hall–Kier alpha value is -0.780. The van der Waals surface area contributed by atoms with Gasteiger partial charge in [-0.2, -0.15) is 0 Å². The average Bonchev–Trinajstić information content (AvgIpc) is 2.68. The molecule has 5 heteroatoms. The lowest BCUT2D eigenvalue weighted by molar-refractivity contribution is 0.617. The van der Waals surface area contributed by atoms with Gasteiger partial charge in [-0.25, -0.2) is 9.37 Å². The zero-order chi connectivity index (χ0) is 11.7. The van der Waals surface area contributed by atoms with E-state index < -0.39 is 0 Å². The number of hydrogen-bond acceptors (Lipinski definition) is 3. The second-order valence-electron chi connectivity index (χ2n) is 3.48. The van der Waals surface area contributed by atoms with Gasteiger partial charge in [0.1, 0.15) is 10.8 Å². The minimum atomic E-state index is -0.360. The molecule has 0 bridgehead atoms. The van der Waals surface area contributed by atoms with Gasteiger partial charge in [0, 0.05) is 11.1 Å². The number of nitrogens with two attached hydrogens (primary N) is 1. The van der Waals surface area contributed by atoms with Crippen LogP contribution in [0.5, 0.6) is 0 Å². The van der Waals surface area contributed by atoms with Crippen LogP contribution in [-0.2, 0) is 0 Å². The van der Waals surface area contributed by atoms with Crippen LogP contribution in [0.15, 0.2) is 28.1 Å². The van der Waals surface area contributed by atoms with E-state index in [4.69, 9.17) is 5.73 Å². The molecule has 0 amide bonds. The lowest BCUT2D eigenvalue weighted by atomic mass is 10.1. The summed E-state index contributed by atoms with van der Waals surface area (Å²) in [4.78, 5) is 4.30. The minimum absolute atomic E-state index is 0.304. The molecule has 1 atom stereocenters. The van der Waals surface area contributed by atoms with Crippen molar-refractivity contribution in [1.29, 1.82) is 0 Å². The van der Waals surface area contributed by atoms with Crippen LogP contribution in [0.1, 0.15) is 22.3 Å². The highest BCUT2D eigenvalue weighted by atomic mass is 79.9. The lowest BCUT2D eigenvalue weighted by Gasteiger charge is -2.09. The predicted octanol–water partition coefficient (Wildman–Crippen LogP) is 3.40. The van der Waals surface area contributed by atoms with Crippen LogP contribution >= 0.6 is 27.3 Å². The third kappa shape index (κ3) is 2.31. The van der Waals surface area contributed by atoms with Gasteiger partial charge in [-0.3, -0.25) is 0 Å². The molecule has 0 spiro atoms. The molecule has 0 fully saturated rings. The van der Waals surface area contributed by atoms with E-state index in [1.165, 1.54) is 17.4 Å². The second-order valence-corrected chi connectivity index (χ2v) is 5.22. The number of halogens is 2. The standard InChI is InChI=1S/C11H10BrFN2S/c1-6-5-16-11(15-6)10(14)7-2-3-8(12)9(13)4-7/h2-5,10H,14H2,1H3. The van der Waals surface area contributed by atoms with E-state index >= 15 is 0 Å². The Morgan fingerprint density at radius 1 is 1.50 bits per heavy atom. The molecule has 2 N–H and O–H groups in total. The molecular weight excluding hydrogens is 291 g/mol. The highest BCUT2D eigenvalue weighted by Gasteiger charge is 2.13. The average molecular weight is 301 g/mol. The van der Waals surface area contributed by atoms with Crippen molar-refractivity contribution >= 4 is 27.3 Å². The van der Waals surface area contributed by atoms with E-state index in [1.807, 2.05) is 12.3 Å². The molecule has 0 radical (unpaired) electrons. The van der Waals surface area contributed by atoms with Gasteiger partial charge in [0.2, 0.25) is 0 Å². The van der Waals surface area contributed by atoms with Crippen LogP contribution in [-0.4, -0.2) is 4.98 Å². The summed E-state index contributed by atoms with van der Waals surface area (Å²) in [5.74, 6) is -0.304. The van der Waals surface area contributed by atoms with E-state index in [2.05, 4.69) is 20.9 Å². The molecule has 0 saturated heterocycles. The minimum Gasteiger partial charge on any atom is -0.318 e. The van der Waals surface area contributed by atoms with Gasteiger partial charge in [0.25, 0.3) is 0 Å². The zero-order valence-electron chi connectivity index (χ0n) is 8.58. The third-order valence-corrected chi connectivity index (χ3v) is 3.89. The number of aromatic nitrogens is 1. The molecular formula is C11H10BrFN2S. The lowest BCUT2D eigenvalue weighted by Crippen LogP contribution is -2.11. The highest BCUT2D eigenvalue weighted by Crippen LogP contribution is 2.25. The molecule has 0 saturated carbocycles. The Morgan fingerprint density at radius 2 is 2.25 bits per heavy atom. The van der Waals surface area contributed by atoms with Crippen molar-refractivity contribution in [2.24, 2.45) is 5.73 Å². The van der Waals surface area contributed by atoms with Crippen LogP contribution < -0.4 is 5.73 Å². The van der Waals surface area contributed by atoms with Crippen molar-refractivity contribution in [2.45, 2.75) is 13.0 Å². The summed E-state index contributed by atoms with van der Waals surface area (Å²) >= 11 is 4.60. The van der Waals surface area contributed by atoms with Crippen LogP contribution in [0.25, 0.3) is 0 Å². The molecule has 0 aliphatic rings. The molecule has 1 heterocycles. The summed E-state index contributed by atoms with van der Waals surface area (Å²) < 4.78 is 13.8. The Balaban J connectivity index is 2.33. The van der Waals surface area contributed by atoms with Gasteiger partial charge < -0.3 is 5.73 Å². The largest absolute Gasteiger partial charge is 0.318 e. The summed E-state index contributed by atoms with van der Waals surface area (Å²) in [6, 6.07) is 4.53. The van der Waals surface area contributed by atoms with E-state index in [9.17, 15) is 4.39 Å². The molecule has 16 heavy (non-hydrogen) atoms. The highest BCUT2D eigenvalue weighted by molar-refractivity contribution is 9.10. The quantitative estimate of drug-likeness (QED) is 0.923. The first-order valence-corrected chi connectivity index (χ1v) is 6.38. The summed E-state index contributed by atoms with van der Waals surface area (Å²) in [5, 5.41) is 2.74. The second kappa shape index (κ2) is 4.61. The molecule has 2 aromatic rings. The van der Waals surface area contributed by atoms with Crippen molar-refractivity contribution in [1.82, 2.24) is 4.98 Å². The summed E-state index contributed by atoms with van der Waals surface area (Å²) in [5.41, 5.74) is 7.68. The fraction of sp³-hybridized carbons (Fsp3) is 0.182. The molecule has 0 aliphatic heterocycles. The molecule has 1 aromatic carbocycles. The molecule has 2 rings (SSSR count). The maximum absolute atomic E-state index is 13.3. The van der Waals surface area contributed by atoms with E-state index in [0.29, 0.717) is 4.47 Å². The summed E-state index contributed by atoms with van der Waals surface area (Å²) in [7, 11) is 0. The van der Waals surface area contributed by atoms with Gasteiger partial charge in [-0.1, -0.05) is 6.07 Å². The van der Waals surface area contributed by atoms with Gasteiger partial charge in [-0.05, 0) is 40.5 Å². The number of hydrogen-bond donors (Lipinski definition) is 1. The van der Waals surface area contributed by atoms with Crippen LogP contribution in [0.2, 0.25) is 0 Å². The van der Waals surface area contributed by atoms with Gasteiger partial charge in [-0.15, -0.1) is 11.3 Å². The van der Waals surface area contributed by atoms with Crippen LogP contribution in [0.3, 0.4) is 0 Å². The maximum Gasteiger partial charge on any atom is 0.137 e. The Labute approximate surface area is 105 Å². The molecule has 84 valence electrons. The smallest absolute Gasteiger partial charge is 0.137 e. The molecule has 2 nitrogen and oxygen atoms in total. The number of aryl methyl sites for hydroxylation is 1. The van der Waals surface area contributed by atoms with Crippen molar-refractivity contribution in [3.05, 3.63) is 50.1 Å². The van der Waals surface area contributed by atoms with Crippen molar-refractivity contribution in [3.8, 4) is 0 Å². The first kappa shape index (κ1) is 11.7. The third-order valence-electron chi connectivity index (χ3n) is 2.21. The fourth-order valence-corrected chi connectivity index (χ4v) is 2.43. The number of thiazole rings is 1. The van der Waals surface area contributed by atoms with E-state index in [-0.39, 0.29) is 11.9 Å². The number of nitrogens with zero attached hydrogens (tertiary/aromatic N) is 1. The molecule has 0 aliphatic carbocycles. The fourth-order valence-electron chi connectivity index (χ4n) is 1.36. The normalized spacial score (nSPS) is 12.8. The van der Waals surface area contributed by atoms with E-state index in [0.717, 1.165) is 16.3 Å². The molecule has 1 aromatic heterocycles. The molecule has 1 unspecified atom stereocenters. The monoisotopic (exact) mass is 300 g/mol. The Bertz CT molecular complexity index is 512. The number of benzene rings is 1. The first-order valence-electron chi connectivity index (χ1n) is 4.70. The van der Waals surface area contributed by atoms with E-state index in [1.54, 1.807) is 12.1 Å². The first-order chi connectivity index (χ1) is 7.58. The SMILES string of the molecule is Cc1csc(C(N)c2ccc(Br)c(F)c2)n1. The number of rotatable bonds is 2. The van der Waals surface area contributed by atoms with Crippen molar-refractivity contribution < 1.29 is 4.39 Å². The topological polar surface area (TPSA) is 38.9 Å². The van der Waals surface area contributed by atoms with Crippen LogP contribution in [0, 0.1) is 12.7 Å². The Kier molecular flexibility index (Phi) is 3.37. The van der Waals surface area contributed by atoms with Crippen molar-refractivity contribution in [3.63, 3.8) is 0 Å². The maximum atomic E-state index is 13.3. The van der Waals surface area contributed by atoms with Crippen LogP contribution in [0.4, 0.5) is 4.39 Å². The predicted molar refractivity (Wildman–Crippen MR) is 67.0 cm³/mol. The Morgan fingerprint density at radius 3 is 2.81 bits per heavy atom. The zero-order valence-corrected chi connectivity index (χ0v) is 11.0. The van der Waals surface area contributed by atoms with Crippen molar-refractivity contribution in [2.75, 3.05) is 0 Å². The van der Waals surface area contributed by atoms with Gasteiger partial charge in [0.05, 0.1) is 10.5 Å². The van der Waals surface area contributed by atoms with Gasteiger partial charge >= 0.3 is 0 Å². The summed E-state index contributed by atoms with van der Waals surface area (Å²) in [6.07, 6.45) is 0. The summed E-state index contributed by atoms with van der Waals surface area (Å²) in [6.45, 7) is 1.91. The van der Waals surface area contributed by atoms with Gasteiger partial charge in [0.15, 0.2) is 0 Å².